The summed E-state index contributed by atoms with van der Waals surface area (Å²) < 4.78 is 1.23. The van der Waals surface area contributed by atoms with E-state index < -0.39 is 4.92 Å². The van der Waals surface area contributed by atoms with Crippen LogP contribution in [0.3, 0.4) is 0 Å². The Morgan fingerprint density at radius 3 is 2.12 bits per heavy atom. The standard InChI is InChI=1S/C3HClIN3O2.C3H2ClIN2/c4-3-6-1(5)2(7-3)8(9)10;4-3-6-1-2(5)7-3/h(H,6,7);1H,(H,6,7). The first-order valence-corrected chi connectivity index (χ1v) is 6.73. The molecule has 17 heavy (non-hydrogen) atoms. The Bertz CT molecular complexity index is 512. The fraction of sp³-hybridized carbons (Fsp3) is 0. The van der Waals surface area contributed by atoms with Crippen LogP contribution in [0.25, 0.3) is 0 Å². The molecule has 0 aliphatic carbocycles. The third-order valence-corrected chi connectivity index (χ3v) is 2.98. The topological polar surface area (TPSA) is 100 Å². The molecule has 7 nitrogen and oxygen atoms in total. The molecular weight excluding hydrogens is 499 g/mol. The van der Waals surface area contributed by atoms with Crippen LogP contribution < -0.4 is 0 Å². The summed E-state index contributed by atoms with van der Waals surface area (Å²) >= 11 is 14.5. The van der Waals surface area contributed by atoms with Gasteiger partial charge < -0.3 is 15.1 Å². The molecule has 0 aliphatic rings. The zero-order chi connectivity index (χ0) is 13.0. The molecule has 0 fully saturated rings. The highest BCUT2D eigenvalue weighted by atomic mass is 127. The lowest BCUT2D eigenvalue weighted by molar-refractivity contribution is -0.390. The molecule has 0 atom stereocenters. The number of aromatic amines is 2. The van der Waals surface area contributed by atoms with Gasteiger partial charge in [0.1, 0.15) is 0 Å². The molecule has 2 N–H and O–H groups in total. The van der Waals surface area contributed by atoms with Gasteiger partial charge in [-0.2, -0.15) is 4.98 Å². The van der Waals surface area contributed by atoms with Gasteiger partial charge in [0.25, 0.3) is 5.28 Å². The molecule has 11 heteroatoms. The molecule has 0 aliphatic heterocycles. The monoisotopic (exact) mass is 501 g/mol. The normalized spacial score (nSPS) is 9.65. The summed E-state index contributed by atoms with van der Waals surface area (Å²) in [5, 5.41) is 10.6. The number of halogens is 4. The van der Waals surface area contributed by atoms with Crippen LogP contribution in [0.2, 0.25) is 10.6 Å². The highest BCUT2D eigenvalue weighted by molar-refractivity contribution is 14.1. The largest absolute Gasteiger partial charge is 0.358 e. The van der Waals surface area contributed by atoms with Crippen LogP contribution in [0.1, 0.15) is 0 Å². The minimum Gasteiger partial charge on any atom is -0.358 e. The van der Waals surface area contributed by atoms with Crippen LogP contribution in [0.5, 0.6) is 0 Å². The Kier molecular flexibility index (Phi) is 5.88. The second kappa shape index (κ2) is 6.70. The molecule has 0 spiro atoms. The highest BCUT2D eigenvalue weighted by Gasteiger charge is 2.15. The number of rotatable bonds is 1. The zero-order valence-electron chi connectivity index (χ0n) is 7.75. The lowest BCUT2D eigenvalue weighted by Gasteiger charge is -1.86. The first kappa shape index (κ1) is 14.9. The number of H-pyrrole nitrogens is 2. The summed E-state index contributed by atoms with van der Waals surface area (Å²) in [5.74, 6) is -0.161. The average Bonchev–Trinajstić information content (AvgIpc) is 2.73. The van der Waals surface area contributed by atoms with E-state index in [1.807, 2.05) is 0 Å². The van der Waals surface area contributed by atoms with Gasteiger partial charge in [-0.3, -0.25) is 0 Å². The van der Waals surface area contributed by atoms with Gasteiger partial charge in [-0.05, 0) is 73.3 Å². The van der Waals surface area contributed by atoms with E-state index in [4.69, 9.17) is 23.2 Å². The van der Waals surface area contributed by atoms with Crippen molar-refractivity contribution in [3.63, 3.8) is 0 Å². The van der Waals surface area contributed by atoms with Crippen molar-refractivity contribution in [3.8, 4) is 0 Å². The van der Waals surface area contributed by atoms with Crippen molar-refractivity contribution in [2.24, 2.45) is 0 Å². The van der Waals surface area contributed by atoms with Crippen LogP contribution in [0.15, 0.2) is 6.20 Å². The Balaban J connectivity index is 0.000000181. The number of nitrogens with one attached hydrogen (secondary N) is 2. The van der Waals surface area contributed by atoms with Gasteiger partial charge in [-0.25, -0.2) is 9.97 Å². The number of hydrogen-bond acceptors (Lipinski definition) is 4. The maximum atomic E-state index is 10.1. The molecule has 0 radical (unpaired) electrons. The van der Waals surface area contributed by atoms with E-state index >= 15 is 0 Å². The first-order valence-electron chi connectivity index (χ1n) is 3.81. The zero-order valence-corrected chi connectivity index (χ0v) is 13.6. The molecule has 2 aromatic heterocycles. The molecule has 0 amide bonds. The molecule has 2 rings (SSSR count). The van der Waals surface area contributed by atoms with Gasteiger partial charge in [-0.15, -0.1) is 0 Å². The quantitative estimate of drug-likeness (QED) is 0.356. The van der Waals surface area contributed by atoms with Gasteiger partial charge >= 0.3 is 5.82 Å². The number of nitrogens with zero attached hydrogens (tertiary/aromatic N) is 3. The van der Waals surface area contributed by atoms with E-state index in [-0.39, 0.29) is 14.8 Å². The fourth-order valence-corrected chi connectivity index (χ4v) is 2.31. The van der Waals surface area contributed by atoms with E-state index in [1.54, 1.807) is 28.8 Å². The fourth-order valence-electron chi connectivity index (χ4n) is 0.714. The Labute approximate surface area is 132 Å². The van der Waals surface area contributed by atoms with E-state index in [1.165, 1.54) is 0 Å². The lowest BCUT2D eigenvalue weighted by Crippen LogP contribution is -1.89. The minimum atomic E-state index is -0.569. The van der Waals surface area contributed by atoms with Gasteiger partial charge in [0.15, 0.2) is 3.70 Å². The molecular formula is C6H3Cl2I2N5O2. The number of nitro groups is 1. The highest BCUT2D eigenvalue weighted by Crippen LogP contribution is 2.18. The second-order valence-corrected chi connectivity index (χ2v) is 5.35. The number of imidazole rings is 2. The molecule has 0 bridgehead atoms. The predicted octanol–water partition coefficient (Wildman–Crippen LogP) is 3.24. The van der Waals surface area contributed by atoms with Crippen molar-refractivity contribution < 1.29 is 4.92 Å². The van der Waals surface area contributed by atoms with Crippen LogP contribution in [0.4, 0.5) is 5.82 Å². The van der Waals surface area contributed by atoms with Gasteiger partial charge in [-0.1, -0.05) is 0 Å². The maximum absolute atomic E-state index is 10.1. The van der Waals surface area contributed by atoms with Crippen molar-refractivity contribution in [1.82, 2.24) is 19.9 Å². The Morgan fingerprint density at radius 2 is 1.94 bits per heavy atom. The van der Waals surface area contributed by atoms with Crippen molar-refractivity contribution in [2.75, 3.05) is 0 Å². The van der Waals surface area contributed by atoms with Crippen molar-refractivity contribution >= 4 is 74.2 Å². The van der Waals surface area contributed by atoms with Crippen LogP contribution >= 0.6 is 68.4 Å². The van der Waals surface area contributed by atoms with Crippen LogP contribution in [-0.2, 0) is 0 Å². The van der Waals surface area contributed by atoms with Crippen molar-refractivity contribution in [3.05, 3.63) is 34.3 Å². The van der Waals surface area contributed by atoms with Crippen molar-refractivity contribution in [2.45, 2.75) is 0 Å². The SMILES string of the molecule is Clc1ncc(I)[nH]1.O=[N+]([O-])c1[nH]c(Cl)nc1I. The molecule has 2 heterocycles. The molecule has 2 aromatic rings. The third-order valence-electron chi connectivity index (χ3n) is 1.31. The minimum absolute atomic E-state index is 0.0381. The van der Waals surface area contributed by atoms with Gasteiger partial charge in [0.2, 0.25) is 5.28 Å². The van der Waals surface area contributed by atoms with Crippen molar-refractivity contribution in [1.29, 1.82) is 0 Å². The smallest absolute Gasteiger partial charge is 0.355 e. The molecule has 0 saturated carbocycles. The maximum Gasteiger partial charge on any atom is 0.355 e. The Hall–Kier alpha value is -0.140. The van der Waals surface area contributed by atoms with Crippen LogP contribution in [-0.4, -0.2) is 24.9 Å². The number of aromatic nitrogens is 4. The van der Waals surface area contributed by atoms with Gasteiger partial charge in [0.05, 0.1) is 9.90 Å². The molecule has 0 aromatic carbocycles. The summed E-state index contributed by atoms with van der Waals surface area (Å²) in [5.41, 5.74) is 0. The van der Waals surface area contributed by atoms with E-state index in [0.29, 0.717) is 5.28 Å². The molecule has 0 unspecified atom stereocenters. The summed E-state index contributed by atoms with van der Waals surface area (Å²) in [7, 11) is 0. The Morgan fingerprint density at radius 1 is 1.29 bits per heavy atom. The average molecular weight is 502 g/mol. The predicted molar refractivity (Wildman–Crippen MR) is 79.3 cm³/mol. The summed E-state index contributed by atoms with van der Waals surface area (Å²) in [4.78, 5) is 21.9. The van der Waals surface area contributed by atoms with E-state index in [9.17, 15) is 10.1 Å². The van der Waals surface area contributed by atoms with E-state index in [2.05, 4.69) is 42.5 Å². The van der Waals surface area contributed by atoms with Gasteiger partial charge in [0, 0.05) is 0 Å². The van der Waals surface area contributed by atoms with E-state index in [0.717, 1.165) is 3.70 Å². The molecule has 0 saturated heterocycles. The first-order chi connectivity index (χ1) is 7.90. The summed E-state index contributed by atoms with van der Waals surface area (Å²) in [6, 6.07) is 0. The molecule has 92 valence electrons. The lowest BCUT2D eigenvalue weighted by atomic mass is 10.8. The second-order valence-electron chi connectivity index (χ2n) is 2.45. The van der Waals surface area contributed by atoms with Crippen LogP contribution in [0, 0.1) is 17.5 Å². The summed E-state index contributed by atoms with van der Waals surface area (Å²) in [6.45, 7) is 0. The number of hydrogen-bond donors (Lipinski definition) is 2. The third kappa shape index (κ3) is 4.93. The summed E-state index contributed by atoms with van der Waals surface area (Å²) in [6.07, 6.45) is 1.67.